The van der Waals surface area contributed by atoms with Gasteiger partial charge in [0.15, 0.2) is 0 Å². The molecule has 0 radical (unpaired) electrons. The topological polar surface area (TPSA) is 63.4 Å². The quantitative estimate of drug-likeness (QED) is 0.365. The molecule has 0 spiro atoms. The van der Waals surface area contributed by atoms with Crippen LogP contribution in [0.15, 0.2) is 0 Å². The van der Waals surface area contributed by atoms with Gasteiger partial charge in [-0.05, 0) is 0 Å². The van der Waals surface area contributed by atoms with Gasteiger partial charge in [-0.25, -0.2) is 0 Å². The van der Waals surface area contributed by atoms with E-state index in [1.807, 2.05) is 0 Å². The van der Waals surface area contributed by atoms with E-state index in [-0.39, 0.29) is 42.1 Å². The Morgan fingerprint density at radius 2 is 1.50 bits per heavy atom. The van der Waals surface area contributed by atoms with Gasteiger partial charge in [-0.1, -0.05) is 0 Å². The van der Waals surface area contributed by atoms with Gasteiger partial charge in [0.05, 0.1) is 0 Å². The minimum Gasteiger partial charge on any atom is -0.328 e. The smallest absolute Gasteiger partial charge is 0.291 e. The van der Waals surface area contributed by atoms with Crippen LogP contribution in [0.1, 0.15) is 0 Å². The van der Waals surface area contributed by atoms with E-state index in [4.69, 9.17) is 15.3 Å². The third-order valence-electron chi connectivity index (χ3n) is 0. The average Bonchev–Trinajstić information content (AvgIpc) is 0.811. The predicted octanol–water partition coefficient (Wildman–Crippen LogP) is -0.353. The van der Waals surface area contributed by atoms with Crippen molar-refractivity contribution in [1.82, 2.24) is 0 Å². The molecule has 0 aliphatic carbocycles. The van der Waals surface area contributed by atoms with E-state index < -0.39 is 5.09 Å². The van der Waals surface area contributed by atoms with Crippen LogP contribution in [-0.4, -0.2) is 10.3 Å². The summed E-state index contributed by atoms with van der Waals surface area (Å²) in [5, 5.41) is 13.6. The first kappa shape index (κ1) is 16.0. The molecular formula is HMo2NO3. The molecule has 6 heavy (non-hydrogen) atoms. The van der Waals surface area contributed by atoms with E-state index in [0.29, 0.717) is 0 Å². The fraction of sp³-hybridized carbons (Fsp3) is 0. The maximum atomic E-state index is 8.36. The van der Waals surface area contributed by atoms with Crippen LogP contribution in [0.25, 0.3) is 0 Å². The maximum absolute atomic E-state index is 8.36. The molecule has 0 amide bonds. The van der Waals surface area contributed by atoms with Gasteiger partial charge in [0.1, 0.15) is 0 Å². The Balaban J connectivity index is -0.0000000450. The van der Waals surface area contributed by atoms with Crippen LogP contribution >= 0.6 is 0 Å². The van der Waals surface area contributed by atoms with Gasteiger partial charge >= 0.3 is 0 Å². The molecule has 0 fully saturated rings. The van der Waals surface area contributed by atoms with Gasteiger partial charge in [0.2, 0.25) is 0 Å². The van der Waals surface area contributed by atoms with Crippen molar-refractivity contribution < 1.29 is 52.4 Å². The molecule has 36 valence electrons. The van der Waals surface area contributed by atoms with Crippen LogP contribution in [0, 0.1) is 10.1 Å². The second-order valence-electron chi connectivity index (χ2n) is 0.238. The van der Waals surface area contributed by atoms with E-state index >= 15 is 0 Å². The Hall–Kier alpha value is 0.577. The molecule has 0 aromatic carbocycles. The first-order valence-corrected chi connectivity index (χ1v) is 0.565. The minimum atomic E-state index is -1.50. The Bertz CT molecular complexity index is 31.8. The molecule has 0 unspecified atom stereocenters. The molecule has 0 aromatic rings. The normalized spacial score (nSPS) is 4.00. The third kappa shape index (κ3) is 176. The average molecular weight is 255 g/mol. The summed E-state index contributed by atoms with van der Waals surface area (Å²) in [5.74, 6) is 0. The predicted molar refractivity (Wildman–Crippen MR) is 8.78 cm³/mol. The fourth-order valence-electron chi connectivity index (χ4n) is 0. The zero-order valence-electron chi connectivity index (χ0n) is 2.53. The standard InChI is InChI=1S/2Mo.HNO3/c;;2-1(3)4/h;;(H,2,3,4). The van der Waals surface area contributed by atoms with Gasteiger partial charge in [0, 0.05) is 42.1 Å². The van der Waals surface area contributed by atoms with Crippen molar-refractivity contribution in [2.75, 3.05) is 0 Å². The molecule has 6 heteroatoms. The summed E-state index contributed by atoms with van der Waals surface area (Å²) in [6.07, 6.45) is 0. The molecule has 1 N–H and O–H groups in total. The molecule has 0 aromatic heterocycles. The molecule has 0 saturated carbocycles. The number of hydrogen-bond acceptors (Lipinski definition) is 2. The van der Waals surface area contributed by atoms with E-state index in [0.717, 1.165) is 0 Å². The molecule has 4 nitrogen and oxygen atoms in total. The number of hydrogen-bond donors (Lipinski definition) is 1. The molecule has 0 aliphatic rings. The van der Waals surface area contributed by atoms with Gasteiger partial charge in [0.25, 0.3) is 5.09 Å². The van der Waals surface area contributed by atoms with Crippen LogP contribution in [0.5, 0.6) is 0 Å². The van der Waals surface area contributed by atoms with Crippen LogP contribution < -0.4 is 0 Å². The third-order valence-corrected chi connectivity index (χ3v) is 0. The summed E-state index contributed by atoms with van der Waals surface area (Å²) < 4.78 is 0. The Morgan fingerprint density at radius 3 is 1.50 bits per heavy atom. The second kappa shape index (κ2) is 9.13. The SMILES string of the molecule is O=[N+]([O-])O.[Mo].[Mo]. The van der Waals surface area contributed by atoms with Gasteiger partial charge in [-0.3, -0.25) is 0 Å². The van der Waals surface area contributed by atoms with Crippen LogP contribution in [0.3, 0.4) is 0 Å². The van der Waals surface area contributed by atoms with E-state index in [1.165, 1.54) is 0 Å². The molecule has 0 aliphatic heterocycles. The van der Waals surface area contributed by atoms with E-state index in [2.05, 4.69) is 0 Å². The Labute approximate surface area is 62.6 Å². The van der Waals surface area contributed by atoms with Crippen molar-refractivity contribution in [2.45, 2.75) is 0 Å². The molecule has 0 bridgehead atoms. The molecule has 0 saturated heterocycles. The summed E-state index contributed by atoms with van der Waals surface area (Å²) in [4.78, 5) is 8.36. The second-order valence-corrected chi connectivity index (χ2v) is 0.238. The monoisotopic (exact) mass is 259 g/mol. The zero-order valence-corrected chi connectivity index (χ0v) is 6.54. The van der Waals surface area contributed by atoms with Crippen LogP contribution in [-0.2, 0) is 42.1 Å². The fourth-order valence-corrected chi connectivity index (χ4v) is 0. The number of nitrogens with zero attached hydrogens (tertiary/aromatic N) is 1. The van der Waals surface area contributed by atoms with Crippen molar-refractivity contribution >= 4 is 0 Å². The van der Waals surface area contributed by atoms with Crippen molar-refractivity contribution in [3.63, 3.8) is 0 Å². The summed E-state index contributed by atoms with van der Waals surface area (Å²) in [6, 6.07) is 0. The van der Waals surface area contributed by atoms with Crippen molar-refractivity contribution in [2.24, 2.45) is 0 Å². The Kier molecular flexibility index (Phi) is 24.3. The summed E-state index contributed by atoms with van der Waals surface area (Å²) in [6.45, 7) is 0. The van der Waals surface area contributed by atoms with Crippen molar-refractivity contribution in [3.8, 4) is 0 Å². The first-order valence-electron chi connectivity index (χ1n) is 0.565. The zero-order chi connectivity index (χ0) is 3.58. The molecule has 0 heterocycles. The van der Waals surface area contributed by atoms with Crippen molar-refractivity contribution in [3.05, 3.63) is 10.1 Å². The van der Waals surface area contributed by atoms with Crippen molar-refractivity contribution in [1.29, 1.82) is 0 Å². The van der Waals surface area contributed by atoms with E-state index in [1.54, 1.807) is 0 Å². The Morgan fingerprint density at radius 1 is 1.50 bits per heavy atom. The van der Waals surface area contributed by atoms with Crippen LogP contribution in [0.2, 0.25) is 0 Å². The van der Waals surface area contributed by atoms with Gasteiger partial charge < -0.3 is 5.21 Å². The van der Waals surface area contributed by atoms with Crippen LogP contribution in [0.4, 0.5) is 0 Å². The van der Waals surface area contributed by atoms with Gasteiger partial charge in [-0.2, -0.15) is 0 Å². The summed E-state index contributed by atoms with van der Waals surface area (Å²) >= 11 is 0. The molecule has 0 atom stereocenters. The number of rotatable bonds is 0. The summed E-state index contributed by atoms with van der Waals surface area (Å²) in [5.41, 5.74) is 0. The van der Waals surface area contributed by atoms with Gasteiger partial charge in [-0.15, -0.1) is 10.1 Å². The minimum absolute atomic E-state index is 0. The molecule has 0 rings (SSSR count). The van der Waals surface area contributed by atoms with E-state index in [9.17, 15) is 0 Å². The largest absolute Gasteiger partial charge is 0.328 e. The maximum Gasteiger partial charge on any atom is 0.291 e. The summed E-state index contributed by atoms with van der Waals surface area (Å²) in [7, 11) is 0. The molecular weight excluding hydrogens is 254 g/mol. The first-order chi connectivity index (χ1) is 1.73.